The maximum atomic E-state index is 11.9. The molecule has 2 rings (SSSR count). The van der Waals surface area contributed by atoms with Crippen LogP contribution in [0.2, 0.25) is 0 Å². The van der Waals surface area contributed by atoms with Gasteiger partial charge in [0.1, 0.15) is 0 Å². The molecule has 0 radical (unpaired) electrons. The van der Waals surface area contributed by atoms with Crippen LogP contribution >= 0.6 is 0 Å². The first-order valence-electron chi connectivity index (χ1n) is 5.97. The van der Waals surface area contributed by atoms with Gasteiger partial charge in [-0.25, -0.2) is 0 Å². The summed E-state index contributed by atoms with van der Waals surface area (Å²) >= 11 is 0. The Bertz CT molecular complexity index is 610. The summed E-state index contributed by atoms with van der Waals surface area (Å²) in [5.74, 6) is 0.390. The molecule has 96 valence electrons. The molecule has 2 aromatic rings. The van der Waals surface area contributed by atoms with Gasteiger partial charge in [-0.15, -0.1) is 0 Å². The van der Waals surface area contributed by atoms with E-state index in [1.54, 1.807) is 15.3 Å². The van der Waals surface area contributed by atoms with Crippen LogP contribution in [0, 0.1) is 5.92 Å². The van der Waals surface area contributed by atoms with E-state index in [0.29, 0.717) is 12.5 Å². The fraction of sp³-hybridized carbons (Fsp3) is 0.385. The highest BCUT2D eigenvalue weighted by atomic mass is 16.1. The number of nitrogens with two attached hydrogens (primary N) is 1. The zero-order valence-corrected chi connectivity index (χ0v) is 10.9. The summed E-state index contributed by atoms with van der Waals surface area (Å²) in [6, 6.07) is 3.58. The van der Waals surface area contributed by atoms with Crippen LogP contribution in [0.1, 0.15) is 13.8 Å². The maximum Gasteiger partial charge on any atom is 0.273 e. The van der Waals surface area contributed by atoms with Gasteiger partial charge in [-0.05, 0) is 18.1 Å². The van der Waals surface area contributed by atoms with E-state index in [-0.39, 0.29) is 11.2 Å². The highest BCUT2D eigenvalue weighted by Crippen LogP contribution is 2.17. The van der Waals surface area contributed by atoms with E-state index >= 15 is 0 Å². The SMILES string of the molecule is CC(C)Cn1cc(-c2ccn(C)n2)cc(N)c1=O. The number of nitrogen functional groups attached to an aromatic ring is 1. The predicted octanol–water partition coefficient (Wildman–Crippen LogP) is 1.49. The number of rotatable bonds is 3. The summed E-state index contributed by atoms with van der Waals surface area (Å²) in [4.78, 5) is 11.9. The van der Waals surface area contributed by atoms with E-state index in [0.717, 1.165) is 11.3 Å². The molecule has 18 heavy (non-hydrogen) atoms. The standard InChI is InChI=1S/C13H18N4O/c1-9(2)7-17-8-10(6-11(14)13(17)18)12-4-5-16(3)15-12/h4-6,8-9H,7,14H2,1-3H3. The zero-order chi connectivity index (χ0) is 13.3. The third-order valence-electron chi connectivity index (χ3n) is 2.68. The van der Waals surface area contributed by atoms with Gasteiger partial charge in [0, 0.05) is 31.5 Å². The van der Waals surface area contributed by atoms with Crippen molar-refractivity contribution >= 4 is 5.69 Å². The third kappa shape index (κ3) is 2.45. The largest absolute Gasteiger partial charge is 0.394 e. The van der Waals surface area contributed by atoms with Crippen LogP contribution in [0.4, 0.5) is 5.69 Å². The van der Waals surface area contributed by atoms with Gasteiger partial charge in [0.2, 0.25) is 0 Å². The van der Waals surface area contributed by atoms with Crippen molar-refractivity contribution in [2.45, 2.75) is 20.4 Å². The summed E-state index contributed by atoms with van der Waals surface area (Å²) in [6.07, 6.45) is 3.68. The van der Waals surface area contributed by atoms with Crippen LogP contribution in [0.5, 0.6) is 0 Å². The molecule has 0 aliphatic heterocycles. The molecule has 0 aromatic carbocycles. The minimum atomic E-state index is -0.136. The van der Waals surface area contributed by atoms with E-state index in [1.165, 1.54) is 0 Å². The van der Waals surface area contributed by atoms with Crippen LogP contribution in [0.15, 0.2) is 29.3 Å². The molecule has 0 atom stereocenters. The Morgan fingerprint density at radius 1 is 1.44 bits per heavy atom. The maximum absolute atomic E-state index is 11.9. The van der Waals surface area contributed by atoms with Crippen molar-refractivity contribution in [2.75, 3.05) is 5.73 Å². The van der Waals surface area contributed by atoms with Gasteiger partial charge in [-0.2, -0.15) is 5.10 Å². The molecule has 2 N–H and O–H groups in total. The predicted molar refractivity (Wildman–Crippen MR) is 72.2 cm³/mol. The summed E-state index contributed by atoms with van der Waals surface area (Å²) in [5, 5.41) is 4.32. The molecule has 0 amide bonds. The van der Waals surface area contributed by atoms with Crippen LogP contribution in [-0.2, 0) is 13.6 Å². The second-order valence-electron chi connectivity index (χ2n) is 4.91. The van der Waals surface area contributed by atoms with Gasteiger partial charge >= 0.3 is 0 Å². The molecule has 0 saturated carbocycles. The molecule has 0 saturated heterocycles. The molecule has 0 aliphatic carbocycles. The first-order valence-corrected chi connectivity index (χ1v) is 5.97. The smallest absolute Gasteiger partial charge is 0.273 e. The van der Waals surface area contributed by atoms with Crippen molar-refractivity contribution in [1.29, 1.82) is 0 Å². The molecule has 0 spiro atoms. The van der Waals surface area contributed by atoms with Crippen molar-refractivity contribution in [2.24, 2.45) is 13.0 Å². The van der Waals surface area contributed by atoms with Crippen molar-refractivity contribution in [3.63, 3.8) is 0 Å². The highest BCUT2D eigenvalue weighted by Gasteiger charge is 2.08. The van der Waals surface area contributed by atoms with Crippen LogP contribution in [0.25, 0.3) is 11.3 Å². The number of nitrogens with zero attached hydrogens (tertiary/aromatic N) is 3. The van der Waals surface area contributed by atoms with Gasteiger partial charge in [-0.1, -0.05) is 13.8 Å². The number of hydrogen-bond acceptors (Lipinski definition) is 3. The molecule has 0 aliphatic rings. The van der Waals surface area contributed by atoms with Gasteiger partial charge in [0.25, 0.3) is 5.56 Å². The lowest BCUT2D eigenvalue weighted by atomic mass is 10.1. The topological polar surface area (TPSA) is 65.8 Å². The Hall–Kier alpha value is -2.04. The summed E-state index contributed by atoms with van der Waals surface area (Å²) in [6.45, 7) is 4.79. The second kappa shape index (κ2) is 4.68. The highest BCUT2D eigenvalue weighted by molar-refractivity contribution is 5.62. The summed E-state index contributed by atoms with van der Waals surface area (Å²) < 4.78 is 3.38. The van der Waals surface area contributed by atoms with Gasteiger partial charge in [0.05, 0.1) is 11.4 Å². The summed E-state index contributed by atoms with van der Waals surface area (Å²) in [7, 11) is 1.86. The van der Waals surface area contributed by atoms with Gasteiger partial charge in [0.15, 0.2) is 0 Å². The first-order chi connectivity index (χ1) is 8.47. The number of aryl methyl sites for hydroxylation is 1. The van der Waals surface area contributed by atoms with E-state index in [4.69, 9.17) is 5.73 Å². The molecule has 5 heteroatoms. The molecule has 2 aromatic heterocycles. The second-order valence-corrected chi connectivity index (χ2v) is 4.91. The Balaban J connectivity index is 2.50. The lowest BCUT2D eigenvalue weighted by Crippen LogP contribution is -2.24. The molecular formula is C13H18N4O. The normalized spacial score (nSPS) is 11.1. The van der Waals surface area contributed by atoms with Crippen molar-refractivity contribution < 1.29 is 0 Å². The Morgan fingerprint density at radius 3 is 2.72 bits per heavy atom. The molecule has 0 unspecified atom stereocenters. The van der Waals surface area contributed by atoms with Crippen molar-refractivity contribution in [1.82, 2.24) is 14.3 Å². The lowest BCUT2D eigenvalue weighted by Gasteiger charge is -2.11. The van der Waals surface area contributed by atoms with Gasteiger partial charge in [-0.3, -0.25) is 9.48 Å². The van der Waals surface area contributed by atoms with E-state index in [2.05, 4.69) is 18.9 Å². The van der Waals surface area contributed by atoms with Crippen molar-refractivity contribution in [3.05, 3.63) is 34.9 Å². The molecular weight excluding hydrogens is 228 g/mol. The van der Waals surface area contributed by atoms with E-state index < -0.39 is 0 Å². The number of pyridine rings is 1. The Morgan fingerprint density at radius 2 is 2.17 bits per heavy atom. The first kappa shape index (κ1) is 12.4. The van der Waals surface area contributed by atoms with Crippen LogP contribution in [-0.4, -0.2) is 14.3 Å². The van der Waals surface area contributed by atoms with E-state index in [1.807, 2.05) is 25.5 Å². The number of aromatic nitrogens is 3. The van der Waals surface area contributed by atoms with Crippen LogP contribution < -0.4 is 11.3 Å². The lowest BCUT2D eigenvalue weighted by molar-refractivity contribution is 0.512. The number of anilines is 1. The van der Waals surface area contributed by atoms with E-state index in [9.17, 15) is 4.79 Å². The average Bonchev–Trinajstić information content (AvgIpc) is 2.70. The molecule has 2 heterocycles. The molecule has 0 bridgehead atoms. The van der Waals surface area contributed by atoms with Crippen LogP contribution in [0.3, 0.4) is 0 Å². The van der Waals surface area contributed by atoms with Gasteiger partial charge < -0.3 is 10.3 Å². The molecule has 5 nitrogen and oxygen atoms in total. The Labute approximate surface area is 106 Å². The quantitative estimate of drug-likeness (QED) is 0.892. The zero-order valence-electron chi connectivity index (χ0n) is 10.9. The fourth-order valence-electron chi connectivity index (χ4n) is 1.90. The minimum Gasteiger partial charge on any atom is -0.394 e. The molecule has 0 fully saturated rings. The Kier molecular flexibility index (Phi) is 3.23. The summed E-state index contributed by atoms with van der Waals surface area (Å²) in [5.41, 5.74) is 7.59. The average molecular weight is 246 g/mol. The monoisotopic (exact) mass is 246 g/mol. The minimum absolute atomic E-state index is 0.136. The third-order valence-corrected chi connectivity index (χ3v) is 2.68. The number of hydrogen-bond donors (Lipinski definition) is 1. The fourth-order valence-corrected chi connectivity index (χ4v) is 1.90. The van der Waals surface area contributed by atoms with Crippen molar-refractivity contribution in [3.8, 4) is 11.3 Å².